The molecule has 0 saturated heterocycles. The highest BCUT2D eigenvalue weighted by molar-refractivity contribution is 5.33. The summed E-state index contributed by atoms with van der Waals surface area (Å²) in [6.07, 6.45) is -4.24. The molecule has 3 heteroatoms. The molecule has 0 aliphatic carbocycles. The van der Waals surface area contributed by atoms with E-state index in [2.05, 4.69) is 0 Å². The summed E-state index contributed by atoms with van der Waals surface area (Å²) < 4.78 is 36.7. The first-order valence-corrected chi connectivity index (χ1v) is 3.89. The zero-order valence-electron chi connectivity index (χ0n) is 7.44. The number of benzene rings is 1. The van der Waals surface area contributed by atoms with E-state index in [0.29, 0.717) is 5.56 Å². The second-order valence-corrected chi connectivity index (χ2v) is 3.08. The summed E-state index contributed by atoms with van der Waals surface area (Å²) in [5.74, 6) is 0.881. The molecule has 1 rings (SSSR count). The maximum Gasteiger partial charge on any atom is 0.416 e. The lowest BCUT2D eigenvalue weighted by Crippen LogP contribution is -2.05. The normalized spacial score (nSPS) is 12.2. The number of alkyl halides is 3. The first-order valence-electron chi connectivity index (χ1n) is 3.89. The van der Waals surface area contributed by atoms with Crippen LogP contribution in [0.3, 0.4) is 0 Å². The van der Waals surface area contributed by atoms with Crippen LogP contribution in [0.4, 0.5) is 13.2 Å². The molecule has 0 bridgehead atoms. The Morgan fingerprint density at radius 3 is 2.23 bits per heavy atom. The molecule has 0 heterocycles. The molecule has 71 valence electrons. The molecule has 0 aliphatic rings. The number of halogens is 3. The van der Waals surface area contributed by atoms with E-state index in [1.165, 1.54) is 6.07 Å². The summed E-state index contributed by atoms with van der Waals surface area (Å²) in [6.45, 7) is 3.57. The van der Waals surface area contributed by atoms with Gasteiger partial charge < -0.3 is 0 Å². The number of rotatable bonds is 1. The van der Waals surface area contributed by atoms with Gasteiger partial charge in [0.1, 0.15) is 0 Å². The second kappa shape index (κ2) is 3.40. The van der Waals surface area contributed by atoms with Gasteiger partial charge in [0, 0.05) is 0 Å². The third-order valence-corrected chi connectivity index (χ3v) is 1.77. The molecule has 0 atom stereocenters. The second-order valence-electron chi connectivity index (χ2n) is 3.08. The Balaban J connectivity index is 3.06. The Morgan fingerprint density at radius 1 is 1.15 bits per heavy atom. The zero-order valence-corrected chi connectivity index (χ0v) is 7.44. The molecule has 13 heavy (non-hydrogen) atoms. The van der Waals surface area contributed by atoms with Crippen molar-refractivity contribution in [3.8, 4) is 0 Å². The van der Waals surface area contributed by atoms with Crippen LogP contribution in [0.5, 0.6) is 0 Å². The molecular formula is C10H10F3. The molecule has 1 radical (unpaired) electrons. The molecule has 0 aromatic heterocycles. The fourth-order valence-electron chi connectivity index (χ4n) is 1.01. The molecule has 0 nitrogen and oxygen atoms in total. The van der Waals surface area contributed by atoms with Gasteiger partial charge in [-0.15, -0.1) is 0 Å². The Hall–Kier alpha value is -0.990. The van der Waals surface area contributed by atoms with Gasteiger partial charge in [0.25, 0.3) is 0 Å². The Labute approximate surface area is 75.4 Å². The van der Waals surface area contributed by atoms with Crippen molar-refractivity contribution in [3.63, 3.8) is 0 Å². The van der Waals surface area contributed by atoms with Crippen molar-refractivity contribution >= 4 is 0 Å². The number of hydrogen-bond acceptors (Lipinski definition) is 0. The molecule has 1 aromatic carbocycles. The molecule has 0 N–H and O–H groups in total. The lowest BCUT2D eigenvalue weighted by atomic mass is 10.0. The molecule has 0 aliphatic heterocycles. The predicted octanol–water partition coefficient (Wildman–Crippen LogP) is 3.67. The quantitative estimate of drug-likeness (QED) is 0.629. The van der Waals surface area contributed by atoms with Crippen molar-refractivity contribution < 1.29 is 13.2 Å². The summed E-state index contributed by atoms with van der Waals surface area (Å²) in [4.78, 5) is 0. The first kappa shape index (κ1) is 10.1. The van der Waals surface area contributed by atoms with Crippen molar-refractivity contribution in [2.45, 2.75) is 20.0 Å². The smallest absolute Gasteiger partial charge is 0.166 e. The lowest BCUT2D eigenvalue weighted by molar-refractivity contribution is -0.137. The summed E-state index contributed by atoms with van der Waals surface area (Å²) in [7, 11) is 0. The zero-order chi connectivity index (χ0) is 10.1. The van der Waals surface area contributed by atoms with Gasteiger partial charge in [0.15, 0.2) is 0 Å². The van der Waals surface area contributed by atoms with Gasteiger partial charge in [-0.1, -0.05) is 32.0 Å². The molecule has 1 aromatic rings. The lowest BCUT2D eigenvalue weighted by Gasteiger charge is -2.09. The summed E-state index contributed by atoms with van der Waals surface area (Å²) in [5, 5.41) is 0. The Kier molecular flexibility index (Phi) is 2.64. The molecule has 0 unspecified atom stereocenters. The maximum atomic E-state index is 12.2. The van der Waals surface area contributed by atoms with Crippen LogP contribution in [0.2, 0.25) is 0 Å². The number of hydrogen-bond donors (Lipinski definition) is 0. The van der Waals surface area contributed by atoms with Crippen molar-refractivity contribution in [3.05, 3.63) is 41.3 Å². The summed E-state index contributed by atoms with van der Waals surface area (Å²) in [5.41, 5.74) is 0.0426. The highest BCUT2D eigenvalue weighted by Crippen LogP contribution is 2.30. The average molecular weight is 187 g/mol. The van der Waals surface area contributed by atoms with Crippen LogP contribution in [0.15, 0.2) is 24.3 Å². The van der Waals surface area contributed by atoms with E-state index in [0.717, 1.165) is 18.1 Å². The minimum absolute atomic E-state index is 0.591. The van der Waals surface area contributed by atoms with Crippen LogP contribution in [-0.4, -0.2) is 0 Å². The summed E-state index contributed by atoms with van der Waals surface area (Å²) in [6, 6.07) is 5.33. The van der Waals surface area contributed by atoms with E-state index in [1.54, 1.807) is 19.9 Å². The van der Waals surface area contributed by atoms with E-state index < -0.39 is 11.7 Å². The fourth-order valence-corrected chi connectivity index (χ4v) is 1.01. The van der Waals surface area contributed by atoms with Gasteiger partial charge >= 0.3 is 6.18 Å². The largest absolute Gasteiger partial charge is 0.416 e. The topological polar surface area (TPSA) is 0 Å². The van der Waals surface area contributed by atoms with Crippen LogP contribution in [-0.2, 0) is 6.18 Å². The third-order valence-electron chi connectivity index (χ3n) is 1.77. The van der Waals surface area contributed by atoms with Crippen LogP contribution in [0.25, 0.3) is 0 Å². The van der Waals surface area contributed by atoms with Crippen LogP contribution in [0, 0.1) is 5.92 Å². The van der Waals surface area contributed by atoms with Gasteiger partial charge in [-0.2, -0.15) is 13.2 Å². The standard InChI is InChI=1S/C10H10F3/c1-7(2)8-4-3-5-9(6-8)10(11,12)13/h3-6H,1-2H3. The first-order chi connectivity index (χ1) is 5.91. The Morgan fingerprint density at radius 2 is 1.77 bits per heavy atom. The van der Waals surface area contributed by atoms with Gasteiger partial charge in [0.2, 0.25) is 0 Å². The monoisotopic (exact) mass is 187 g/mol. The van der Waals surface area contributed by atoms with Gasteiger partial charge in [-0.05, 0) is 17.5 Å². The SMILES string of the molecule is C[C](C)c1cccc(C(F)(F)F)c1. The van der Waals surface area contributed by atoms with Crippen molar-refractivity contribution in [2.75, 3.05) is 0 Å². The molecule has 0 spiro atoms. The van der Waals surface area contributed by atoms with Gasteiger partial charge in [-0.3, -0.25) is 0 Å². The van der Waals surface area contributed by atoms with E-state index in [1.807, 2.05) is 0 Å². The van der Waals surface area contributed by atoms with E-state index in [9.17, 15) is 13.2 Å². The minimum Gasteiger partial charge on any atom is -0.166 e. The van der Waals surface area contributed by atoms with Crippen molar-refractivity contribution in [1.82, 2.24) is 0 Å². The maximum absolute atomic E-state index is 12.2. The summed E-state index contributed by atoms with van der Waals surface area (Å²) >= 11 is 0. The highest BCUT2D eigenvalue weighted by atomic mass is 19.4. The minimum atomic E-state index is -4.24. The van der Waals surface area contributed by atoms with Gasteiger partial charge in [0.05, 0.1) is 5.56 Å². The van der Waals surface area contributed by atoms with Crippen molar-refractivity contribution in [2.24, 2.45) is 0 Å². The molecule has 0 fully saturated rings. The van der Waals surface area contributed by atoms with Crippen LogP contribution < -0.4 is 0 Å². The average Bonchev–Trinajstić information content (AvgIpc) is 2.03. The molecular weight excluding hydrogens is 177 g/mol. The molecule has 0 saturated carbocycles. The van der Waals surface area contributed by atoms with E-state index in [-0.39, 0.29) is 0 Å². The van der Waals surface area contributed by atoms with Crippen LogP contribution in [0.1, 0.15) is 25.0 Å². The van der Waals surface area contributed by atoms with Crippen LogP contribution >= 0.6 is 0 Å². The third kappa shape index (κ3) is 2.47. The fraction of sp³-hybridized carbons (Fsp3) is 0.300. The van der Waals surface area contributed by atoms with Crippen molar-refractivity contribution in [1.29, 1.82) is 0 Å². The molecule has 0 amide bonds. The predicted molar refractivity (Wildman–Crippen MR) is 45.1 cm³/mol. The highest BCUT2D eigenvalue weighted by Gasteiger charge is 2.30. The van der Waals surface area contributed by atoms with Gasteiger partial charge in [-0.25, -0.2) is 0 Å². The Bertz CT molecular complexity index is 286. The van der Waals surface area contributed by atoms with E-state index >= 15 is 0 Å². The van der Waals surface area contributed by atoms with E-state index in [4.69, 9.17) is 0 Å².